The predicted octanol–water partition coefficient (Wildman–Crippen LogP) is 0.752. The maximum atomic E-state index is 5.76. The van der Waals surface area contributed by atoms with E-state index < -0.39 is 0 Å². The molecule has 1 N–H and O–H groups in total. The van der Waals surface area contributed by atoms with Crippen molar-refractivity contribution in [3.05, 3.63) is 18.6 Å². The van der Waals surface area contributed by atoms with E-state index in [0.29, 0.717) is 0 Å². The summed E-state index contributed by atoms with van der Waals surface area (Å²) in [6, 6.07) is 0.831. The molecule has 17 heavy (non-hydrogen) atoms. The van der Waals surface area contributed by atoms with Crippen LogP contribution in [0.5, 0.6) is 0 Å². The number of rotatable bonds is 4. The zero-order valence-corrected chi connectivity index (χ0v) is 9.88. The van der Waals surface area contributed by atoms with E-state index in [1.54, 1.807) is 18.6 Å². The molecule has 0 aromatic carbocycles. The number of hydrogen-bond donors (Lipinski definition) is 1. The molecule has 0 spiro atoms. The summed E-state index contributed by atoms with van der Waals surface area (Å²) < 4.78 is 5.76. The zero-order valence-electron chi connectivity index (χ0n) is 9.88. The highest BCUT2D eigenvalue weighted by Crippen LogP contribution is 2.28. The lowest BCUT2D eigenvalue weighted by molar-refractivity contribution is -0.0241. The Morgan fingerprint density at radius 2 is 2.35 bits per heavy atom. The number of nitrogens with one attached hydrogen (secondary N) is 1. The smallest absolute Gasteiger partial charge is 0.144 e. The molecule has 1 unspecified atom stereocenters. The van der Waals surface area contributed by atoms with Crippen molar-refractivity contribution in [2.75, 3.05) is 31.6 Å². The molecule has 1 aromatic rings. The van der Waals surface area contributed by atoms with Crippen LogP contribution >= 0.6 is 0 Å². The van der Waals surface area contributed by atoms with Gasteiger partial charge in [-0.1, -0.05) is 0 Å². The van der Waals surface area contributed by atoms with Crippen LogP contribution in [0.15, 0.2) is 18.6 Å². The van der Waals surface area contributed by atoms with E-state index in [-0.39, 0.29) is 6.10 Å². The van der Waals surface area contributed by atoms with Crippen LogP contribution in [0.2, 0.25) is 0 Å². The molecule has 2 aliphatic rings. The molecule has 0 bridgehead atoms. The topological polar surface area (TPSA) is 50.3 Å². The van der Waals surface area contributed by atoms with Crippen LogP contribution in [0.1, 0.15) is 12.8 Å². The minimum atomic E-state index is 0.270. The second kappa shape index (κ2) is 4.98. The van der Waals surface area contributed by atoms with E-state index in [2.05, 4.69) is 20.2 Å². The average molecular weight is 234 g/mol. The Morgan fingerprint density at radius 3 is 3.12 bits per heavy atom. The standard InChI is InChI=1S/C12H18N4O/c1-2-10(1)16-5-6-17-11(9-16)7-15-12-8-13-3-4-14-12/h3-4,8,10-11H,1-2,5-7,9H2,(H,14,15). The van der Waals surface area contributed by atoms with E-state index in [1.165, 1.54) is 12.8 Å². The highest BCUT2D eigenvalue weighted by atomic mass is 16.5. The van der Waals surface area contributed by atoms with E-state index in [0.717, 1.165) is 38.1 Å². The lowest BCUT2D eigenvalue weighted by Crippen LogP contribution is -2.46. The molecule has 2 heterocycles. The lowest BCUT2D eigenvalue weighted by Gasteiger charge is -2.33. The zero-order chi connectivity index (χ0) is 11.5. The van der Waals surface area contributed by atoms with Crippen molar-refractivity contribution in [3.63, 3.8) is 0 Å². The Morgan fingerprint density at radius 1 is 1.41 bits per heavy atom. The van der Waals surface area contributed by atoms with Crippen LogP contribution in [0.25, 0.3) is 0 Å². The Kier molecular flexibility index (Phi) is 3.20. The van der Waals surface area contributed by atoms with Crippen molar-refractivity contribution in [2.24, 2.45) is 0 Å². The van der Waals surface area contributed by atoms with Gasteiger partial charge in [-0.2, -0.15) is 0 Å². The molecule has 1 atom stereocenters. The third-order valence-electron chi connectivity index (χ3n) is 3.31. The molecule has 1 aliphatic heterocycles. The van der Waals surface area contributed by atoms with Crippen molar-refractivity contribution >= 4 is 5.82 Å². The van der Waals surface area contributed by atoms with E-state index in [9.17, 15) is 0 Å². The lowest BCUT2D eigenvalue weighted by atomic mass is 10.2. The molecule has 0 amide bonds. The van der Waals surface area contributed by atoms with Gasteiger partial charge in [0.1, 0.15) is 5.82 Å². The molecule has 5 heteroatoms. The Bertz CT molecular complexity index is 355. The number of hydrogen-bond acceptors (Lipinski definition) is 5. The maximum absolute atomic E-state index is 5.76. The molecular formula is C12H18N4O. The third-order valence-corrected chi connectivity index (χ3v) is 3.31. The number of ether oxygens (including phenoxy) is 1. The first kappa shape index (κ1) is 10.9. The van der Waals surface area contributed by atoms with Gasteiger partial charge in [0.15, 0.2) is 0 Å². The highest BCUT2D eigenvalue weighted by Gasteiger charge is 2.32. The van der Waals surface area contributed by atoms with Gasteiger partial charge in [-0.05, 0) is 12.8 Å². The first-order valence-corrected chi connectivity index (χ1v) is 6.27. The van der Waals surface area contributed by atoms with Crippen molar-refractivity contribution in [1.29, 1.82) is 0 Å². The molecule has 92 valence electrons. The monoisotopic (exact) mass is 234 g/mol. The molecule has 2 fully saturated rings. The Labute approximate surface area is 101 Å². The fourth-order valence-corrected chi connectivity index (χ4v) is 2.25. The van der Waals surface area contributed by atoms with E-state index in [1.807, 2.05) is 0 Å². The van der Waals surface area contributed by atoms with E-state index >= 15 is 0 Å². The van der Waals surface area contributed by atoms with E-state index in [4.69, 9.17) is 4.74 Å². The molecule has 3 rings (SSSR count). The van der Waals surface area contributed by atoms with Crippen LogP contribution < -0.4 is 5.32 Å². The molecular weight excluding hydrogens is 216 g/mol. The van der Waals surface area contributed by atoms with Gasteiger partial charge in [0.05, 0.1) is 18.9 Å². The van der Waals surface area contributed by atoms with Crippen molar-refractivity contribution in [1.82, 2.24) is 14.9 Å². The first-order valence-electron chi connectivity index (χ1n) is 6.27. The maximum Gasteiger partial charge on any atom is 0.144 e. The molecule has 1 aliphatic carbocycles. The summed E-state index contributed by atoms with van der Waals surface area (Å²) in [6.45, 7) is 3.79. The summed E-state index contributed by atoms with van der Waals surface area (Å²) in [4.78, 5) is 10.8. The summed E-state index contributed by atoms with van der Waals surface area (Å²) in [7, 11) is 0. The minimum Gasteiger partial charge on any atom is -0.374 e. The predicted molar refractivity (Wildman–Crippen MR) is 64.9 cm³/mol. The molecule has 1 saturated carbocycles. The van der Waals surface area contributed by atoms with Gasteiger partial charge in [0.25, 0.3) is 0 Å². The molecule has 0 radical (unpaired) electrons. The molecule has 1 saturated heterocycles. The average Bonchev–Trinajstić information content (AvgIpc) is 3.22. The van der Waals surface area contributed by atoms with Gasteiger partial charge in [-0.15, -0.1) is 0 Å². The first-order chi connectivity index (χ1) is 8.42. The van der Waals surface area contributed by atoms with Crippen molar-refractivity contribution in [3.8, 4) is 0 Å². The Hall–Kier alpha value is -1.20. The third kappa shape index (κ3) is 2.92. The number of morpholine rings is 1. The van der Waals surface area contributed by atoms with Crippen molar-refractivity contribution < 1.29 is 4.74 Å². The van der Waals surface area contributed by atoms with Gasteiger partial charge in [0, 0.05) is 38.1 Å². The summed E-state index contributed by atoms with van der Waals surface area (Å²) >= 11 is 0. The largest absolute Gasteiger partial charge is 0.374 e. The van der Waals surface area contributed by atoms with Gasteiger partial charge in [-0.3, -0.25) is 9.88 Å². The van der Waals surface area contributed by atoms with Gasteiger partial charge in [-0.25, -0.2) is 4.98 Å². The molecule has 5 nitrogen and oxygen atoms in total. The second-order valence-electron chi connectivity index (χ2n) is 4.69. The summed E-state index contributed by atoms with van der Waals surface area (Å²) in [5.74, 6) is 0.819. The summed E-state index contributed by atoms with van der Waals surface area (Å²) in [6.07, 6.45) is 8.11. The fraction of sp³-hybridized carbons (Fsp3) is 0.667. The SMILES string of the molecule is c1cnc(NCC2CN(C3CC3)CCO2)cn1. The van der Waals surface area contributed by atoms with Crippen LogP contribution in [0.3, 0.4) is 0 Å². The van der Waals surface area contributed by atoms with Gasteiger partial charge in [0.2, 0.25) is 0 Å². The van der Waals surface area contributed by atoms with Crippen molar-refractivity contribution in [2.45, 2.75) is 25.0 Å². The van der Waals surface area contributed by atoms with Crippen LogP contribution in [-0.4, -0.2) is 53.3 Å². The number of anilines is 1. The van der Waals surface area contributed by atoms with Gasteiger partial charge < -0.3 is 10.1 Å². The molecule has 1 aromatic heterocycles. The highest BCUT2D eigenvalue weighted by molar-refractivity contribution is 5.29. The number of nitrogens with zero attached hydrogens (tertiary/aromatic N) is 3. The normalized spacial score (nSPS) is 25.8. The quantitative estimate of drug-likeness (QED) is 0.833. The number of aromatic nitrogens is 2. The summed E-state index contributed by atoms with van der Waals surface area (Å²) in [5, 5.41) is 3.27. The van der Waals surface area contributed by atoms with Crippen LogP contribution in [0.4, 0.5) is 5.82 Å². The van der Waals surface area contributed by atoms with Gasteiger partial charge >= 0.3 is 0 Å². The van der Waals surface area contributed by atoms with Crippen LogP contribution in [0, 0.1) is 0 Å². The second-order valence-corrected chi connectivity index (χ2v) is 4.69. The summed E-state index contributed by atoms with van der Waals surface area (Å²) in [5.41, 5.74) is 0. The fourth-order valence-electron chi connectivity index (χ4n) is 2.25. The Balaban J connectivity index is 1.48. The minimum absolute atomic E-state index is 0.270. The van der Waals surface area contributed by atoms with Crippen LogP contribution in [-0.2, 0) is 4.74 Å².